The first-order valence-electron chi connectivity index (χ1n) is 13.8. The topological polar surface area (TPSA) is 218 Å². The van der Waals surface area contributed by atoms with E-state index in [4.69, 9.17) is 11.6 Å². The molecule has 0 fully saturated rings. The fourth-order valence-electron chi connectivity index (χ4n) is 4.06. The van der Waals surface area contributed by atoms with Crippen molar-refractivity contribution in [1.29, 1.82) is 0 Å². The summed E-state index contributed by atoms with van der Waals surface area (Å²) in [6.07, 6.45) is 12.3. The van der Waals surface area contributed by atoms with Crippen LogP contribution < -0.4 is 21.7 Å². The Balaban J connectivity index is 0.000000147. The predicted molar refractivity (Wildman–Crippen MR) is 167 cm³/mol. The van der Waals surface area contributed by atoms with Gasteiger partial charge in [-0.2, -0.15) is 15.3 Å². The molecule has 0 saturated heterocycles. The highest BCUT2D eigenvalue weighted by Crippen LogP contribution is 2.11. The van der Waals surface area contributed by atoms with Crippen LogP contribution in [0.3, 0.4) is 0 Å². The summed E-state index contributed by atoms with van der Waals surface area (Å²) in [5.74, 6) is 0.265. The van der Waals surface area contributed by atoms with Gasteiger partial charge >= 0.3 is 5.69 Å². The van der Waals surface area contributed by atoms with Gasteiger partial charge in [-0.3, -0.25) is 19.6 Å². The zero-order valence-electron chi connectivity index (χ0n) is 24.5. The lowest BCUT2D eigenvalue weighted by Crippen LogP contribution is -2.14. The van der Waals surface area contributed by atoms with Crippen LogP contribution in [0.1, 0.15) is 26.4 Å². The molecule has 0 aliphatic rings. The van der Waals surface area contributed by atoms with Gasteiger partial charge in [0.1, 0.15) is 30.0 Å². The molecule has 0 amide bonds. The number of alkyl halides is 2. The highest BCUT2D eigenvalue weighted by atomic mass is 35.5. The molecule has 7 aromatic rings. The number of nitrogens with one attached hydrogen (secondary N) is 3. The van der Waals surface area contributed by atoms with Gasteiger partial charge in [-0.1, -0.05) is 11.6 Å². The van der Waals surface area contributed by atoms with E-state index in [2.05, 4.69) is 50.5 Å². The molecule has 20 heteroatoms. The summed E-state index contributed by atoms with van der Waals surface area (Å²) in [6, 6.07) is 4.90. The van der Waals surface area contributed by atoms with E-state index >= 15 is 0 Å². The summed E-state index contributed by atoms with van der Waals surface area (Å²) >= 11 is 5.64. The third-order valence-electron chi connectivity index (χ3n) is 6.19. The predicted octanol–water partition coefficient (Wildman–Crippen LogP) is 0.988. The molecule has 0 atom stereocenters. The number of H-pyrrole nitrogens is 2. The van der Waals surface area contributed by atoms with Crippen molar-refractivity contribution in [2.24, 2.45) is 4.99 Å². The van der Waals surface area contributed by atoms with Crippen molar-refractivity contribution in [3.63, 3.8) is 0 Å². The van der Waals surface area contributed by atoms with Gasteiger partial charge in [0.2, 0.25) is 5.88 Å². The Morgan fingerprint density at radius 2 is 1.50 bits per heavy atom. The van der Waals surface area contributed by atoms with Crippen molar-refractivity contribution in [3.05, 3.63) is 98.5 Å². The highest BCUT2D eigenvalue weighted by molar-refractivity contribution is 6.29. The van der Waals surface area contributed by atoms with Crippen LogP contribution in [-0.4, -0.2) is 97.9 Å². The second kappa shape index (κ2) is 15.3. The molecule has 7 rings (SSSR count). The smallest absolute Gasteiger partial charge is 0.326 e. The minimum absolute atomic E-state index is 0.0439. The largest absolute Gasteiger partial charge is 0.493 e. The average molecular weight is 680 g/mol. The van der Waals surface area contributed by atoms with Crippen molar-refractivity contribution in [1.82, 2.24) is 53.8 Å². The molecular weight excluding hydrogens is 656 g/mol. The van der Waals surface area contributed by atoms with Crippen LogP contribution in [0.4, 0.5) is 14.6 Å². The van der Waals surface area contributed by atoms with Crippen LogP contribution >= 0.6 is 11.6 Å². The fourth-order valence-corrected chi connectivity index (χ4v) is 4.20. The quantitative estimate of drug-likeness (QED) is 0.131. The molecule has 0 aromatic carbocycles. The lowest BCUT2D eigenvalue weighted by molar-refractivity contribution is 0.111. The van der Waals surface area contributed by atoms with Crippen molar-refractivity contribution in [2.45, 2.75) is 0 Å². The number of carbonyl (C=O) groups is 2. The first-order chi connectivity index (χ1) is 23.3. The third-order valence-corrected chi connectivity index (χ3v) is 6.40. The molecule has 0 radical (unpaired) electrons. The monoisotopic (exact) mass is 679 g/mol. The molecular formula is C28H24ClF2N13O4. The number of hydrogen-bond donors (Lipinski definition) is 4. The Hall–Kier alpha value is -6.37. The number of carbonyl (C=O) groups excluding carboxylic acids is 2. The standard InChI is InChI=1S/C12H11FN6O2.C9H9FN4O.C7H4ClN3O/c13-2-3-14-9-1-4-19-10(17-9)7(6-15-19)5-8-11(20)18-12(21)16-8;10-2-3-11-8-1-4-14-9(13-8)7(6-15)5-12-14;8-6-1-2-11-7(10-6)5(4-12)3-9-11/h1,4-6,20H,2-3H2,(H2,16,18,21);1,4-6H,2-3H2,(H,11,13);1-4H. The van der Waals surface area contributed by atoms with Crippen LogP contribution in [-0.2, 0) is 0 Å². The Morgan fingerprint density at radius 3 is 2.15 bits per heavy atom. The molecule has 48 heavy (non-hydrogen) atoms. The van der Waals surface area contributed by atoms with E-state index in [-0.39, 0.29) is 24.7 Å². The summed E-state index contributed by atoms with van der Waals surface area (Å²) in [5, 5.41) is 25.2. The van der Waals surface area contributed by atoms with Crippen LogP contribution in [0.2, 0.25) is 5.15 Å². The van der Waals surface area contributed by atoms with E-state index in [1.54, 1.807) is 36.8 Å². The number of aldehydes is 2. The Bertz CT molecular complexity index is 2380. The first kappa shape index (κ1) is 33.0. The van der Waals surface area contributed by atoms with Crippen LogP contribution in [0.15, 0.2) is 65.2 Å². The molecule has 7 aromatic heterocycles. The molecule has 7 heterocycles. The number of aromatic amines is 2. The minimum atomic E-state index is -0.552. The summed E-state index contributed by atoms with van der Waals surface area (Å²) in [4.78, 5) is 53.1. The van der Waals surface area contributed by atoms with E-state index < -0.39 is 19.0 Å². The third kappa shape index (κ3) is 7.70. The van der Waals surface area contributed by atoms with Gasteiger partial charge in [-0.05, 0) is 18.2 Å². The number of nitrogens with zero attached hydrogens (tertiary/aromatic N) is 10. The Kier molecular flexibility index (Phi) is 10.5. The van der Waals surface area contributed by atoms with Crippen molar-refractivity contribution < 1.29 is 23.5 Å². The molecule has 4 N–H and O–H groups in total. The maximum absolute atomic E-state index is 12.1. The van der Waals surface area contributed by atoms with Gasteiger partial charge < -0.3 is 15.4 Å². The number of hydrogen-bond acceptors (Lipinski definition) is 12. The summed E-state index contributed by atoms with van der Waals surface area (Å²) < 4.78 is 28.6. The SMILES string of the molecule is O=Cc1cnn2ccc(Cl)nc12.O=Cc1cnn2ccc(NCCF)nc12.O=c1[nH]c(O)c(C=c2cnn3ccc(=NCCF)nc23)[nH]1. The van der Waals surface area contributed by atoms with Crippen LogP contribution in [0, 0.1) is 0 Å². The van der Waals surface area contributed by atoms with E-state index in [0.29, 0.717) is 62.3 Å². The zero-order valence-corrected chi connectivity index (χ0v) is 25.3. The van der Waals surface area contributed by atoms with Gasteiger partial charge in [0.25, 0.3) is 0 Å². The van der Waals surface area contributed by atoms with Gasteiger partial charge in [0.15, 0.2) is 35.0 Å². The second-order valence-corrected chi connectivity index (χ2v) is 9.75. The van der Waals surface area contributed by atoms with Crippen molar-refractivity contribution in [3.8, 4) is 5.88 Å². The average Bonchev–Trinajstić information content (AvgIpc) is 3.88. The summed E-state index contributed by atoms with van der Waals surface area (Å²) in [6.45, 7) is -0.772. The first-order valence-corrected chi connectivity index (χ1v) is 14.2. The molecule has 0 spiro atoms. The number of halogens is 3. The Labute approximate surface area is 271 Å². The lowest BCUT2D eigenvalue weighted by atomic mass is 10.3. The summed E-state index contributed by atoms with van der Waals surface area (Å²) in [5.41, 5.74) is 2.39. The van der Waals surface area contributed by atoms with Gasteiger partial charge in [0, 0.05) is 36.4 Å². The fraction of sp³-hybridized carbons (Fsp3) is 0.143. The van der Waals surface area contributed by atoms with E-state index in [9.17, 15) is 28.3 Å². The highest BCUT2D eigenvalue weighted by Gasteiger charge is 2.06. The molecule has 0 saturated carbocycles. The zero-order chi connectivity index (χ0) is 34.0. The molecule has 246 valence electrons. The molecule has 0 bridgehead atoms. The maximum Gasteiger partial charge on any atom is 0.326 e. The molecule has 0 unspecified atom stereocenters. The normalized spacial score (nSPS) is 11.7. The van der Waals surface area contributed by atoms with Crippen molar-refractivity contribution >= 4 is 53.0 Å². The number of rotatable bonds is 8. The van der Waals surface area contributed by atoms with E-state index in [1.807, 2.05) is 0 Å². The van der Waals surface area contributed by atoms with Crippen molar-refractivity contribution in [2.75, 3.05) is 31.8 Å². The molecule has 0 aliphatic heterocycles. The number of aromatic hydroxyl groups is 1. The van der Waals surface area contributed by atoms with Gasteiger partial charge in [0.05, 0.1) is 36.3 Å². The minimum Gasteiger partial charge on any atom is -0.493 e. The number of fused-ring (bicyclic) bond motifs is 3. The Morgan fingerprint density at radius 1 is 0.854 bits per heavy atom. The molecule has 17 nitrogen and oxygen atoms in total. The number of aromatic nitrogens is 11. The van der Waals surface area contributed by atoms with Gasteiger partial charge in [-0.15, -0.1) is 0 Å². The molecule has 0 aliphatic carbocycles. The maximum atomic E-state index is 12.1. The van der Waals surface area contributed by atoms with E-state index in [1.165, 1.54) is 38.2 Å². The number of imidazole rings is 1. The summed E-state index contributed by atoms with van der Waals surface area (Å²) in [7, 11) is 0. The van der Waals surface area contributed by atoms with Crippen LogP contribution in [0.25, 0.3) is 23.0 Å². The van der Waals surface area contributed by atoms with E-state index in [0.717, 1.165) is 0 Å². The van der Waals surface area contributed by atoms with Gasteiger partial charge in [-0.25, -0.2) is 42.1 Å². The lowest BCUT2D eigenvalue weighted by Gasteiger charge is -2.02. The number of anilines is 1. The van der Waals surface area contributed by atoms with Crippen LogP contribution in [0.5, 0.6) is 5.88 Å². The second-order valence-electron chi connectivity index (χ2n) is 9.36.